The minimum atomic E-state index is -0.131. The molecule has 0 unspecified atom stereocenters. The highest BCUT2D eigenvalue weighted by Crippen LogP contribution is 2.25. The van der Waals surface area contributed by atoms with E-state index in [0.29, 0.717) is 19.5 Å². The zero-order valence-corrected chi connectivity index (χ0v) is 13.9. The van der Waals surface area contributed by atoms with Crippen molar-refractivity contribution in [3.05, 3.63) is 41.5 Å². The zero-order valence-electron chi connectivity index (χ0n) is 13.9. The van der Waals surface area contributed by atoms with Crippen LogP contribution in [0.25, 0.3) is 5.57 Å². The second-order valence-electron chi connectivity index (χ2n) is 6.63. The van der Waals surface area contributed by atoms with Crippen molar-refractivity contribution in [2.75, 3.05) is 26.7 Å². The highest BCUT2D eigenvalue weighted by atomic mass is 16.2. The first-order chi connectivity index (χ1) is 11.0. The summed E-state index contributed by atoms with van der Waals surface area (Å²) in [5, 5.41) is 0. The van der Waals surface area contributed by atoms with Gasteiger partial charge in [-0.2, -0.15) is 0 Å². The second kappa shape index (κ2) is 6.57. The first kappa shape index (κ1) is 15.8. The van der Waals surface area contributed by atoms with E-state index in [1.807, 2.05) is 4.90 Å². The Hall–Kier alpha value is -2.10. The third-order valence-electron chi connectivity index (χ3n) is 4.95. The van der Waals surface area contributed by atoms with Crippen LogP contribution < -0.4 is 0 Å². The van der Waals surface area contributed by atoms with E-state index in [0.717, 1.165) is 19.4 Å². The Morgan fingerprint density at radius 1 is 1.17 bits per heavy atom. The summed E-state index contributed by atoms with van der Waals surface area (Å²) >= 11 is 0. The molecule has 0 aromatic heterocycles. The monoisotopic (exact) mass is 312 g/mol. The number of piperidine rings is 1. The molecule has 1 aromatic rings. The predicted molar refractivity (Wildman–Crippen MR) is 90.7 cm³/mol. The van der Waals surface area contributed by atoms with Crippen molar-refractivity contribution in [2.24, 2.45) is 5.92 Å². The lowest BCUT2D eigenvalue weighted by Gasteiger charge is -2.33. The molecule has 0 saturated carbocycles. The third kappa shape index (κ3) is 3.46. The van der Waals surface area contributed by atoms with Crippen LogP contribution in [0.1, 0.15) is 30.4 Å². The van der Waals surface area contributed by atoms with Gasteiger partial charge in [0.25, 0.3) is 0 Å². The van der Waals surface area contributed by atoms with E-state index in [-0.39, 0.29) is 17.7 Å². The van der Waals surface area contributed by atoms with Gasteiger partial charge < -0.3 is 9.80 Å². The summed E-state index contributed by atoms with van der Waals surface area (Å²) < 4.78 is 0. The number of hydrogen-bond donors (Lipinski definition) is 0. The number of carbonyl (C=O) groups is 2. The van der Waals surface area contributed by atoms with E-state index in [1.54, 1.807) is 11.9 Å². The summed E-state index contributed by atoms with van der Waals surface area (Å²) in [6.45, 7) is 4.18. The molecule has 0 bridgehead atoms. The molecule has 2 heterocycles. The van der Waals surface area contributed by atoms with Crippen molar-refractivity contribution < 1.29 is 9.59 Å². The first-order valence-electron chi connectivity index (χ1n) is 8.33. The van der Waals surface area contributed by atoms with Gasteiger partial charge in [0.2, 0.25) is 11.8 Å². The zero-order chi connectivity index (χ0) is 16.4. The molecule has 4 nitrogen and oxygen atoms in total. The van der Waals surface area contributed by atoms with Crippen LogP contribution in [-0.2, 0) is 9.59 Å². The number of rotatable bonds is 2. The van der Waals surface area contributed by atoms with Gasteiger partial charge in [-0.3, -0.25) is 9.59 Å². The van der Waals surface area contributed by atoms with Gasteiger partial charge in [0.15, 0.2) is 0 Å². The van der Waals surface area contributed by atoms with Crippen molar-refractivity contribution in [2.45, 2.75) is 26.2 Å². The van der Waals surface area contributed by atoms with Crippen LogP contribution in [0.15, 0.2) is 30.3 Å². The summed E-state index contributed by atoms with van der Waals surface area (Å²) in [4.78, 5) is 28.0. The van der Waals surface area contributed by atoms with Gasteiger partial charge >= 0.3 is 0 Å². The lowest BCUT2D eigenvalue weighted by molar-refractivity contribution is -0.144. The van der Waals surface area contributed by atoms with E-state index in [9.17, 15) is 9.59 Å². The normalized spacial score (nSPS) is 22.1. The summed E-state index contributed by atoms with van der Waals surface area (Å²) in [6.07, 6.45) is 4.19. The molecule has 2 amide bonds. The maximum absolute atomic E-state index is 12.6. The number of hydrogen-bond acceptors (Lipinski definition) is 2. The summed E-state index contributed by atoms with van der Waals surface area (Å²) in [7, 11) is 1.81. The van der Waals surface area contributed by atoms with E-state index >= 15 is 0 Å². The van der Waals surface area contributed by atoms with Crippen LogP contribution in [-0.4, -0.2) is 48.3 Å². The Kier molecular flexibility index (Phi) is 4.51. The van der Waals surface area contributed by atoms with Crippen molar-refractivity contribution in [1.29, 1.82) is 0 Å². The lowest BCUT2D eigenvalue weighted by atomic mass is 9.93. The van der Waals surface area contributed by atoms with Crippen molar-refractivity contribution in [1.82, 2.24) is 9.80 Å². The maximum atomic E-state index is 12.6. The van der Waals surface area contributed by atoms with E-state index in [2.05, 4.69) is 37.3 Å². The van der Waals surface area contributed by atoms with Crippen LogP contribution in [0.4, 0.5) is 0 Å². The topological polar surface area (TPSA) is 40.6 Å². The minimum Gasteiger partial charge on any atom is -0.346 e. The fourth-order valence-electron chi connectivity index (χ4n) is 3.31. The highest BCUT2D eigenvalue weighted by Gasteiger charge is 2.32. The highest BCUT2D eigenvalue weighted by molar-refractivity contribution is 5.87. The average Bonchev–Trinajstić information content (AvgIpc) is 2.57. The summed E-state index contributed by atoms with van der Waals surface area (Å²) in [5.41, 5.74) is 3.82. The Morgan fingerprint density at radius 2 is 1.91 bits per heavy atom. The SMILES string of the molecule is Cc1ccc(C2=CCN(C(=O)[C@@H]3CCN(C)C(=O)C3)CC2)cc1. The number of nitrogens with zero attached hydrogens (tertiary/aromatic N) is 2. The molecule has 0 spiro atoms. The fraction of sp³-hybridized carbons (Fsp3) is 0.474. The molecule has 3 rings (SSSR count). The molecular formula is C19H24N2O2. The van der Waals surface area contributed by atoms with Crippen LogP contribution in [0.2, 0.25) is 0 Å². The molecule has 0 aliphatic carbocycles. The van der Waals surface area contributed by atoms with Crippen molar-refractivity contribution >= 4 is 17.4 Å². The molecule has 1 aromatic carbocycles. The van der Waals surface area contributed by atoms with E-state index in [4.69, 9.17) is 0 Å². The Balaban J connectivity index is 1.62. The van der Waals surface area contributed by atoms with Gasteiger partial charge in [-0.05, 0) is 30.9 Å². The first-order valence-corrected chi connectivity index (χ1v) is 8.33. The summed E-state index contributed by atoms with van der Waals surface area (Å²) in [5.74, 6) is 0.0983. The van der Waals surface area contributed by atoms with Gasteiger partial charge in [-0.15, -0.1) is 0 Å². The molecule has 23 heavy (non-hydrogen) atoms. The van der Waals surface area contributed by atoms with Crippen molar-refractivity contribution in [3.63, 3.8) is 0 Å². The number of aryl methyl sites for hydroxylation is 1. The standard InChI is InChI=1S/C19H24N2O2/c1-14-3-5-15(6-4-14)16-8-11-21(12-9-16)19(23)17-7-10-20(2)18(22)13-17/h3-6,8,17H,7,9-13H2,1-2H3/t17-/m1/s1. The van der Waals surface area contributed by atoms with Crippen LogP contribution in [0.5, 0.6) is 0 Å². The van der Waals surface area contributed by atoms with Gasteiger partial charge in [0.05, 0.1) is 0 Å². The molecule has 2 aliphatic heterocycles. The number of amides is 2. The Labute approximate surface area is 137 Å². The fourth-order valence-corrected chi connectivity index (χ4v) is 3.31. The van der Waals surface area contributed by atoms with Gasteiger partial charge in [0, 0.05) is 39.0 Å². The molecule has 0 N–H and O–H groups in total. The molecule has 122 valence electrons. The Morgan fingerprint density at radius 3 is 2.52 bits per heavy atom. The largest absolute Gasteiger partial charge is 0.346 e. The number of benzene rings is 1. The number of likely N-dealkylation sites (tertiary alicyclic amines) is 1. The predicted octanol–water partition coefficient (Wildman–Crippen LogP) is 2.48. The quantitative estimate of drug-likeness (QED) is 0.842. The van der Waals surface area contributed by atoms with Crippen LogP contribution in [0, 0.1) is 12.8 Å². The summed E-state index contributed by atoms with van der Waals surface area (Å²) in [6, 6.07) is 8.54. The third-order valence-corrected chi connectivity index (χ3v) is 4.95. The number of carbonyl (C=O) groups excluding carboxylic acids is 2. The van der Waals surface area contributed by atoms with Gasteiger partial charge in [-0.1, -0.05) is 35.9 Å². The molecule has 1 atom stereocenters. The van der Waals surface area contributed by atoms with Crippen LogP contribution in [0.3, 0.4) is 0 Å². The lowest BCUT2D eigenvalue weighted by Crippen LogP contribution is -2.45. The second-order valence-corrected chi connectivity index (χ2v) is 6.63. The molecule has 1 fully saturated rings. The van der Waals surface area contributed by atoms with Gasteiger partial charge in [-0.25, -0.2) is 0 Å². The van der Waals surface area contributed by atoms with Gasteiger partial charge in [0.1, 0.15) is 0 Å². The smallest absolute Gasteiger partial charge is 0.226 e. The van der Waals surface area contributed by atoms with E-state index in [1.165, 1.54) is 16.7 Å². The minimum absolute atomic E-state index is 0.0856. The molecule has 2 aliphatic rings. The molecule has 4 heteroatoms. The average molecular weight is 312 g/mol. The Bertz CT molecular complexity index is 633. The van der Waals surface area contributed by atoms with Crippen LogP contribution >= 0.6 is 0 Å². The van der Waals surface area contributed by atoms with Crippen molar-refractivity contribution in [3.8, 4) is 0 Å². The molecule has 0 radical (unpaired) electrons. The maximum Gasteiger partial charge on any atom is 0.226 e. The van der Waals surface area contributed by atoms with E-state index < -0.39 is 0 Å². The molecular weight excluding hydrogens is 288 g/mol. The molecule has 1 saturated heterocycles.